The van der Waals surface area contributed by atoms with E-state index in [9.17, 15) is 0 Å². The molecule has 0 spiro atoms. The van der Waals surface area contributed by atoms with Crippen LogP contribution in [0.4, 0.5) is 0 Å². The second-order valence-electron chi connectivity index (χ2n) is 4.77. The van der Waals surface area contributed by atoms with Gasteiger partial charge in [0.05, 0.1) is 12.8 Å². The van der Waals surface area contributed by atoms with Crippen LogP contribution in [0, 0.1) is 0 Å². The third-order valence-corrected chi connectivity index (χ3v) is 2.66. The number of nitrogens with one attached hydrogen (secondary N) is 2. The quantitative estimate of drug-likeness (QED) is 0.351. The Morgan fingerprint density at radius 1 is 1.35 bits per heavy atom. The summed E-state index contributed by atoms with van der Waals surface area (Å²) in [7, 11) is 0. The molecule has 0 aromatic heterocycles. The van der Waals surface area contributed by atoms with Crippen LogP contribution in [0.3, 0.4) is 0 Å². The molecule has 5 heteroatoms. The van der Waals surface area contributed by atoms with Crippen LogP contribution in [0.15, 0.2) is 29.4 Å². The highest BCUT2D eigenvalue weighted by Gasteiger charge is 1.96. The number of hydrogen-bond acceptors (Lipinski definition) is 3. The van der Waals surface area contributed by atoms with Crippen molar-refractivity contribution in [1.82, 2.24) is 10.7 Å². The fourth-order valence-electron chi connectivity index (χ4n) is 1.44. The molecule has 0 radical (unpaired) electrons. The van der Waals surface area contributed by atoms with Gasteiger partial charge in [0.25, 0.3) is 0 Å². The van der Waals surface area contributed by atoms with E-state index in [0.717, 1.165) is 30.8 Å². The number of ether oxygens (including phenoxy) is 1. The van der Waals surface area contributed by atoms with E-state index in [1.807, 2.05) is 38.1 Å². The standard InChI is InChI=1S/C15H23N3OS/c1-4-5-10-19-14-8-6-13(7-9-14)11-16-18-15(20)17-12(2)3/h6-9,11-12H,4-5,10H2,1-3H3,(H2,17,18,20). The molecule has 0 heterocycles. The molecule has 1 aromatic rings. The largest absolute Gasteiger partial charge is 0.494 e. The van der Waals surface area contributed by atoms with Gasteiger partial charge in [-0.25, -0.2) is 0 Å². The van der Waals surface area contributed by atoms with Crippen LogP contribution in [-0.2, 0) is 0 Å². The van der Waals surface area contributed by atoms with Crippen LogP contribution < -0.4 is 15.5 Å². The minimum atomic E-state index is 0.296. The molecule has 0 bridgehead atoms. The van der Waals surface area contributed by atoms with E-state index in [0.29, 0.717) is 11.2 Å². The van der Waals surface area contributed by atoms with Crippen LogP contribution in [0.25, 0.3) is 0 Å². The Labute approximate surface area is 126 Å². The highest BCUT2D eigenvalue weighted by molar-refractivity contribution is 7.80. The summed E-state index contributed by atoms with van der Waals surface area (Å²) in [6.07, 6.45) is 3.94. The molecule has 1 rings (SSSR count). The third-order valence-electron chi connectivity index (χ3n) is 2.45. The molecule has 110 valence electrons. The zero-order valence-electron chi connectivity index (χ0n) is 12.3. The molecule has 0 fully saturated rings. The fraction of sp³-hybridized carbons (Fsp3) is 0.467. The summed E-state index contributed by atoms with van der Waals surface area (Å²) in [5.41, 5.74) is 3.77. The van der Waals surface area contributed by atoms with Gasteiger partial charge in [0, 0.05) is 6.04 Å². The topological polar surface area (TPSA) is 45.6 Å². The van der Waals surface area contributed by atoms with Crippen molar-refractivity contribution >= 4 is 23.5 Å². The first-order chi connectivity index (χ1) is 9.61. The lowest BCUT2D eigenvalue weighted by Gasteiger charge is -2.09. The molecule has 2 N–H and O–H groups in total. The van der Waals surface area contributed by atoms with Crippen molar-refractivity contribution in [3.05, 3.63) is 29.8 Å². The lowest BCUT2D eigenvalue weighted by Crippen LogP contribution is -2.36. The summed E-state index contributed by atoms with van der Waals surface area (Å²) >= 11 is 5.07. The number of nitrogens with zero attached hydrogens (tertiary/aromatic N) is 1. The molecule has 0 aliphatic rings. The normalized spacial score (nSPS) is 10.8. The van der Waals surface area contributed by atoms with E-state index in [1.54, 1.807) is 6.21 Å². The Morgan fingerprint density at radius 3 is 2.65 bits per heavy atom. The minimum Gasteiger partial charge on any atom is -0.494 e. The maximum absolute atomic E-state index is 5.60. The summed E-state index contributed by atoms with van der Waals surface area (Å²) in [6.45, 7) is 6.96. The molecule has 0 aliphatic heterocycles. The van der Waals surface area contributed by atoms with E-state index in [1.165, 1.54) is 0 Å². The van der Waals surface area contributed by atoms with Gasteiger partial charge >= 0.3 is 0 Å². The summed E-state index contributed by atoms with van der Waals surface area (Å²) < 4.78 is 5.60. The SMILES string of the molecule is CCCCOc1ccc(C=NNC(=S)NC(C)C)cc1. The lowest BCUT2D eigenvalue weighted by atomic mass is 10.2. The number of rotatable bonds is 7. The molecule has 0 aliphatic carbocycles. The molecule has 20 heavy (non-hydrogen) atoms. The zero-order valence-corrected chi connectivity index (χ0v) is 13.2. The molecule has 0 unspecified atom stereocenters. The van der Waals surface area contributed by atoms with Gasteiger partial charge in [-0.1, -0.05) is 13.3 Å². The van der Waals surface area contributed by atoms with Gasteiger partial charge in [-0.2, -0.15) is 5.10 Å². The van der Waals surface area contributed by atoms with E-state index in [4.69, 9.17) is 17.0 Å². The highest BCUT2D eigenvalue weighted by Crippen LogP contribution is 2.11. The number of unbranched alkanes of at least 4 members (excludes halogenated alkanes) is 1. The Bertz CT molecular complexity index is 429. The third kappa shape index (κ3) is 7.09. The van der Waals surface area contributed by atoms with E-state index < -0.39 is 0 Å². The average molecular weight is 293 g/mol. The van der Waals surface area contributed by atoms with Crippen molar-refractivity contribution in [1.29, 1.82) is 0 Å². The summed E-state index contributed by atoms with van der Waals surface area (Å²) in [4.78, 5) is 0. The van der Waals surface area contributed by atoms with Crippen LogP contribution in [-0.4, -0.2) is 24.0 Å². The van der Waals surface area contributed by atoms with Gasteiger partial charge in [0.15, 0.2) is 5.11 Å². The monoisotopic (exact) mass is 293 g/mol. The smallest absolute Gasteiger partial charge is 0.187 e. The molecule has 4 nitrogen and oxygen atoms in total. The van der Waals surface area contributed by atoms with Gasteiger partial charge in [0.1, 0.15) is 5.75 Å². The van der Waals surface area contributed by atoms with E-state index >= 15 is 0 Å². The van der Waals surface area contributed by atoms with Crippen molar-refractivity contribution in [3.8, 4) is 5.75 Å². The van der Waals surface area contributed by atoms with Gasteiger partial charge in [-0.3, -0.25) is 5.43 Å². The summed E-state index contributed by atoms with van der Waals surface area (Å²) in [6, 6.07) is 8.12. The Kier molecular flexibility index (Phi) is 7.65. The predicted octanol–water partition coefficient (Wildman–Crippen LogP) is 3.07. The predicted molar refractivity (Wildman–Crippen MR) is 88.4 cm³/mol. The van der Waals surface area contributed by atoms with Gasteiger partial charge in [-0.05, 0) is 62.3 Å². The number of hydrogen-bond donors (Lipinski definition) is 2. The average Bonchev–Trinajstić information content (AvgIpc) is 2.40. The summed E-state index contributed by atoms with van der Waals surface area (Å²) in [5, 5.41) is 7.66. The Morgan fingerprint density at radius 2 is 2.05 bits per heavy atom. The second-order valence-corrected chi connectivity index (χ2v) is 5.18. The van der Waals surface area contributed by atoms with Crippen molar-refractivity contribution in [3.63, 3.8) is 0 Å². The first-order valence-electron chi connectivity index (χ1n) is 6.94. The summed E-state index contributed by atoms with van der Waals surface area (Å²) in [5.74, 6) is 0.889. The van der Waals surface area contributed by atoms with Gasteiger partial charge in [-0.15, -0.1) is 0 Å². The number of hydrazone groups is 1. The molecular formula is C15H23N3OS. The maximum Gasteiger partial charge on any atom is 0.187 e. The van der Waals surface area contributed by atoms with Crippen LogP contribution in [0.2, 0.25) is 0 Å². The Hall–Kier alpha value is -1.62. The lowest BCUT2D eigenvalue weighted by molar-refractivity contribution is 0.309. The first-order valence-corrected chi connectivity index (χ1v) is 7.35. The second kappa shape index (κ2) is 9.31. The maximum atomic E-state index is 5.60. The van der Waals surface area contributed by atoms with Crippen molar-refractivity contribution in [2.24, 2.45) is 5.10 Å². The van der Waals surface area contributed by atoms with Gasteiger partial charge < -0.3 is 10.1 Å². The van der Waals surface area contributed by atoms with Gasteiger partial charge in [0.2, 0.25) is 0 Å². The van der Waals surface area contributed by atoms with Crippen molar-refractivity contribution < 1.29 is 4.74 Å². The van der Waals surface area contributed by atoms with E-state index in [2.05, 4.69) is 22.8 Å². The molecule has 1 aromatic carbocycles. The van der Waals surface area contributed by atoms with Crippen LogP contribution >= 0.6 is 12.2 Å². The molecule has 0 saturated carbocycles. The molecule has 0 amide bonds. The van der Waals surface area contributed by atoms with Crippen molar-refractivity contribution in [2.45, 2.75) is 39.7 Å². The molecule has 0 saturated heterocycles. The number of benzene rings is 1. The number of thiocarbonyl (C=S) groups is 1. The van der Waals surface area contributed by atoms with Crippen LogP contribution in [0.1, 0.15) is 39.2 Å². The highest BCUT2D eigenvalue weighted by atomic mass is 32.1. The van der Waals surface area contributed by atoms with E-state index in [-0.39, 0.29) is 0 Å². The van der Waals surface area contributed by atoms with Crippen LogP contribution in [0.5, 0.6) is 5.75 Å². The Balaban J connectivity index is 2.38. The fourth-order valence-corrected chi connectivity index (χ4v) is 1.73. The molecule has 0 atom stereocenters. The first kappa shape index (κ1) is 16.4. The zero-order chi connectivity index (χ0) is 14.8. The molecular weight excluding hydrogens is 270 g/mol. The minimum absolute atomic E-state index is 0.296. The van der Waals surface area contributed by atoms with Crippen molar-refractivity contribution in [2.75, 3.05) is 6.61 Å².